The summed E-state index contributed by atoms with van der Waals surface area (Å²) in [4.78, 5) is 2.62. The van der Waals surface area contributed by atoms with E-state index in [1.54, 1.807) is 0 Å². The molecule has 0 aromatic heterocycles. The average molecular weight is 254 g/mol. The summed E-state index contributed by atoms with van der Waals surface area (Å²) < 4.78 is 5.88. The molecule has 2 saturated heterocycles. The van der Waals surface area contributed by atoms with Crippen molar-refractivity contribution in [3.05, 3.63) is 0 Å². The molecular formula is C15H30N2O. The first-order chi connectivity index (χ1) is 8.55. The first-order valence-corrected chi connectivity index (χ1v) is 7.63. The van der Waals surface area contributed by atoms with Crippen LogP contribution in [0.5, 0.6) is 0 Å². The Hall–Kier alpha value is -0.120. The molecule has 18 heavy (non-hydrogen) atoms. The van der Waals surface area contributed by atoms with Crippen LogP contribution in [-0.2, 0) is 4.74 Å². The summed E-state index contributed by atoms with van der Waals surface area (Å²) in [5.74, 6) is 0. The summed E-state index contributed by atoms with van der Waals surface area (Å²) in [5.41, 5.74) is 0.343. The van der Waals surface area contributed by atoms with Gasteiger partial charge in [-0.1, -0.05) is 20.8 Å². The standard InChI is InChI=1S/C15H30N2O/c1-15(2,3)14-12-17(9-6-8-16-14)11-13-7-4-5-10-18-13/h13-14,16H,4-12H2,1-3H3. The van der Waals surface area contributed by atoms with Gasteiger partial charge >= 0.3 is 0 Å². The predicted octanol–water partition coefficient (Wildman–Crippen LogP) is 2.27. The van der Waals surface area contributed by atoms with Gasteiger partial charge in [0.15, 0.2) is 0 Å². The van der Waals surface area contributed by atoms with E-state index >= 15 is 0 Å². The van der Waals surface area contributed by atoms with E-state index in [0.29, 0.717) is 17.6 Å². The van der Waals surface area contributed by atoms with Gasteiger partial charge < -0.3 is 10.1 Å². The van der Waals surface area contributed by atoms with Crippen molar-refractivity contribution in [3.63, 3.8) is 0 Å². The second-order valence-electron chi connectivity index (χ2n) is 6.97. The summed E-state index contributed by atoms with van der Waals surface area (Å²) in [6, 6.07) is 0.601. The minimum Gasteiger partial charge on any atom is -0.377 e. The van der Waals surface area contributed by atoms with Gasteiger partial charge in [-0.05, 0) is 44.2 Å². The Morgan fingerprint density at radius 1 is 1.22 bits per heavy atom. The molecule has 3 heteroatoms. The molecule has 0 radical (unpaired) electrons. The summed E-state index contributed by atoms with van der Waals surface area (Å²) in [7, 11) is 0. The molecule has 2 unspecified atom stereocenters. The Bertz CT molecular complexity index is 243. The SMILES string of the molecule is CC(C)(C)C1CN(CC2CCCCO2)CCCN1. The Labute approximate surface area is 112 Å². The first kappa shape index (κ1) is 14.3. The van der Waals surface area contributed by atoms with E-state index < -0.39 is 0 Å². The lowest BCUT2D eigenvalue weighted by molar-refractivity contribution is -0.00753. The summed E-state index contributed by atoms with van der Waals surface area (Å²) in [6.45, 7) is 12.7. The summed E-state index contributed by atoms with van der Waals surface area (Å²) in [6.07, 6.45) is 5.60. The topological polar surface area (TPSA) is 24.5 Å². The van der Waals surface area contributed by atoms with E-state index in [1.165, 1.54) is 38.8 Å². The maximum absolute atomic E-state index is 5.88. The van der Waals surface area contributed by atoms with Gasteiger partial charge in [0, 0.05) is 25.7 Å². The summed E-state index contributed by atoms with van der Waals surface area (Å²) in [5, 5.41) is 3.71. The monoisotopic (exact) mass is 254 g/mol. The van der Waals surface area contributed by atoms with E-state index in [0.717, 1.165) is 19.7 Å². The molecule has 106 valence electrons. The molecule has 2 aliphatic heterocycles. The van der Waals surface area contributed by atoms with Gasteiger partial charge in [0.1, 0.15) is 0 Å². The van der Waals surface area contributed by atoms with Crippen LogP contribution in [0, 0.1) is 5.41 Å². The second-order valence-corrected chi connectivity index (χ2v) is 6.97. The molecule has 0 saturated carbocycles. The lowest BCUT2D eigenvalue weighted by Gasteiger charge is -2.35. The fourth-order valence-corrected chi connectivity index (χ4v) is 2.98. The highest BCUT2D eigenvalue weighted by Crippen LogP contribution is 2.22. The second kappa shape index (κ2) is 6.36. The van der Waals surface area contributed by atoms with Crippen molar-refractivity contribution in [2.45, 2.75) is 58.6 Å². The fourth-order valence-electron chi connectivity index (χ4n) is 2.98. The highest BCUT2D eigenvalue weighted by molar-refractivity contribution is 4.86. The zero-order chi connectivity index (χ0) is 13.0. The highest BCUT2D eigenvalue weighted by Gasteiger charge is 2.29. The van der Waals surface area contributed by atoms with E-state index in [-0.39, 0.29) is 0 Å². The lowest BCUT2D eigenvalue weighted by Crippen LogP contribution is -2.48. The van der Waals surface area contributed by atoms with Crippen LogP contribution >= 0.6 is 0 Å². The number of nitrogens with one attached hydrogen (secondary N) is 1. The number of rotatable bonds is 2. The van der Waals surface area contributed by atoms with Crippen LogP contribution in [0.3, 0.4) is 0 Å². The molecule has 0 spiro atoms. The third kappa shape index (κ3) is 4.22. The van der Waals surface area contributed by atoms with Crippen LogP contribution in [0.4, 0.5) is 0 Å². The van der Waals surface area contributed by atoms with E-state index in [9.17, 15) is 0 Å². The molecular weight excluding hydrogens is 224 g/mol. The molecule has 0 amide bonds. The smallest absolute Gasteiger partial charge is 0.0702 e. The molecule has 0 aromatic rings. The Morgan fingerprint density at radius 3 is 2.72 bits per heavy atom. The van der Waals surface area contributed by atoms with Gasteiger partial charge in [-0.25, -0.2) is 0 Å². The van der Waals surface area contributed by atoms with Crippen LogP contribution in [0.2, 0.25) is 0 Å². The average Bonchev–Trinajstić information content (AvgIpc) is 2.55. The van der Waals surface area contributed by atoms with Crippen molar-refractivity contribution in [1.29, 1.82) is 0 Å². The Balaban J connectivity index is 1.86. The van der Waals surface area contributed by atoms with Crippen LogP contribution < -0.4 is 5.32 Å². The van der Waals surface area contributed by atoms with Gasteiger partial charge in [-0.15, -0.1) is 0 Å². The molecule has 2 fully saturated rings. The third-order valence-electron chi connectivity index (χ3n) is 4.26. The van der Waals surface area contributed by atoms with Crippen molar-refractivity contribution >= 4 is 0 Å². The van der Waals surface area contributed by atoms with Gasteiger partial charge in [0.2, 0.25) is 0 Å². The van der Waals surface area contributed by atoms with Crippen LogP contribution in [0.25, 0.3) is 0 Å². The molecule has 3 nitrogen and oxygen atoms in total. The molecule has 1 N–H and O–H groups in total. The quantitative estimate of drug-likeness (QED) is 0.818. The van der Waals surface area contributed by atoms with Gasteiger partial charge in [0.05, 0.1) is 6.10 Å². The maximum atomic E-state index is 5.88. The summed E-state index contributed by atoms with van der Waals surface area (Å²) >= 11 is 0. The van der Waals surface area contributed by atoms with Crippen molar-refractivity contribution in [2.75, 3.05) is 32.8 Å². The maximum Gasteiger partial charge on any atom is 0.0702 e. The Kier molecular flexibility index (Phi) is 5.05. The number of hydrogen-bond donors (Lipinski definition) is 1. The van der Waals surface area contributed by atoms with Crippen LogP contribution in [0.15, 0.2) is 0 Å². The van der Waals surface area contributed by atoms with Gasteiger partial charge in [-0.3, -0.25) is 4.90 Å². The number of nitrogens with zero attached hydrogens (tertiary/aromatic N) is 1. The van der Waals surface area contributed by atoms with Gasteiger partial charge in [-0.2, -0.15) is 0 Å². The minimum atomic E-state index is 0.343. The molecule has 2 rings (SSSR count). The van der Waals surface area contributed by atoms with E-state index in [4.69, 9.17) is 4.74 Å². The number of ether oxygens (including phenoxy) is 1. The predicted molar refractivity (Wildman–Crippen MR) is 75.9 cm³/mol. The molecule has 2 atom stereocenters. The zero-order valence-corrected chi connectivity index (χ0v) is 12.4. The van der Waals surface area contributed by atoms with Crippen molar-refractivity contribution < 1.29 is 4.74 Å². The molecule has 2 heterocycles. The van der Waals surface area contributed by atoms with E-state index in [1.807, 2.05) is 0 Å². The first-order valence-electron chi connectivity index (χ1n) is 7.63. The van der Waals surface area contributed by atoms with Crippen molar-refractivity contribution in [1.82, 2.24) is 10.2 Å². The van der Waals surface area contributed by atoms with Gasteiger partial charge in [0.25, 0.3) is 0 Å². The normalized spacial score (nSPS) is 32.2. The molecule has 0 aliphatic carbocycles. The van der Waals surface area contributed by atoms with Crippen molar-refractivity contribution in [3.8, 4) is 0 Å². The lowest BCUT2D eigenvalue weighted by atomic mass is 9.86. The molecule has 0 aromatic carbocycles. The minimum absolute atomic E-state index is 0.343. The number of hydrogen-bond acceptors (Lipinski definition) is 3. The van der Waals surface area contributed by atoms with Crippen LogP contribution in [0.1, 0.15) is 46.5 Å². The van der Waals surface area contributed by atoms with Crippen molar-refractivity contribution in [2.24, 2.45) is 5.41 Å². The third-order valence-corrected chi connectivity index (χ3v) is 4.26. The van der Waals surface area contributed by atoms with Crippen LogP contribution in [-0.4, -0.2) is 49.8 Å². The molecule has 2 aliphatic rings. The highest BCUT2D eigenvalue weighted by atomic mass is 16.5. The Morgan fingerprint density at radius 2 is 2.06 bits per heavy atom. The molecule has 0 bridgehead atoms. The van der Waals surface area contributed by atoms with E-state index in [2.05, 4.69) is 31.0 Å². The fraction of sp³-hybridized carbons (Fsp3) is 1.00. The largest absolute Gasteiger partial charge is 0.377 e. The zero-order valence-electron chi connectivity index (χ0n) is 12.4.